The van der Waals surface area contributed by atoms with Crippen LogP contribution in [0.1, 0.15) is 10.8 Å². The molecular formula is C16H13N3O5S2. The summed E-state index contributed by atoms with van der Waals surface area (Å²) in [5.74, 6) is 1.01. The van der Waals surface area contributed by atoms with Crippen molar-refractivity contribution < 1.29 is 18.9 Å². The van der Waals surface area contributed by atoms with E-state index in [4.69, 9.17) is 9.15 Å². The van der Waals surface area contributed by atoms with Crippen LogP contribution < -0.4 is 0 Å². The van der Waals surface area contributed by atoms with Gasteiger partial charge in [0, 0.05) is 28.3 Å². The maximum Gasteiger partial charge on any atom is 0.316 e. The van der Waals surface area contributed by atoms with Crippen LogP contribution in [0.15, 0.2) is 46.2 Å². The number of thiophene rings is 1. The lowest BCUT2D eigenvalue weighted by molar-refractivity contribution is -0.384. The molecule has 1 aromatic carbocycles. The first kappa shape index (κ1) is 18.1. The van der Waals surface area contributed by atoms with Crippen LogP contribution in [0.2, 0.25) is 0 Å². The van der Waals surface area contributed by atoms with E-state index >= 15 is 0 Å². The normalized spacial score (nSPS) is 10.6. The van der Waals surface area contributed by atoms with Gasteiger partial charge in [0.1, 0.15) is 0 Å². The number of rotatable bonds is 8. The van der Waals surface area contributed by atoms with E-state index in [1.54, 1.807) is 11.3 Å². The van der Waals surface area contributed by atoms with Crippen LogP contribution in [0.4, 0.5) is 5.69 Å². The van der Waals surface area contributed by atoms with Gasteiger partial charge in [-0.3, -0.25) is 14.9 Å². The SMILES string of the molecule is O=C(CSCc1cccs1)OCc1nnc(-c2ccc([N+](=O)[O-])cc2)o1. The van der Waals surface area contributed by atoms with Crippen LogP contribution in [0.25, 0.3) is 11.5 Å². The zero-order valence-electron chi connectivity index (χ0n) is 13.4. The highest BCUT2D eigenvalue weighted by atomic mass is 32.2. The highest BCUT2D eigenvalue weighted by molar-refractivity contribution is 7.99. The zero-order valence-corrected chi connectivity index (χ0v) is 15.0. The highest BCUT2D eigenvalue weighted by Crippen LogP contribution is 2.21. The van der Waals surface area contributed by atoms with Crippen LogP contribution in [-0.4, -0.2) is 26.8 Å². The van der Waals surface area contributed by atoms with E-state index in [0.29, 0.717) is 5.56 Å². The summed E-state index contributed by atoms with van der Waals surface area (Å²) in [5, 5.41) is 20.3. The van der Waals surface area contributed by atoms with Crippen molar-refractivity contribution in [3.05, 3.63) is 62.7 Å². The van der Waals surface area contributed by atoms with Gasteiger partial charge in [0.25, 0.3) is 11.6 Å². The Morgan fingerprint density at radius 2 is 2.08 bits per heavy atom. The Bertz CT molecular complexity index is 878. The maximum absolute atomic E-state index is 11.7. The molecule has 0 aliphatic heterocycles. The van der Waals surface area contributed by atoms with Crippen molar-refractivity contribution in [2.24, 2.45) is 0 Å². The Balaban J connectivity index is 1.47. The third-order valence-corrected chi connectivity index (χ3v) is 5.21. The van der Waals surface area contributed by atoms with Gasteiger partial charge in [0.05, 0.1) is 10.7 Å². The van der Waals surface area contributed by atoms with Crippen LogP contribution >= 0.6 is 23.1 Å². The topological polar surface area (TPSA) is 108 Å². The van der Waals surface area contributed by atoms with Crippen molar-refractivity contribution in [2.75, 3.05) is 5.75 Å². The Hall–Kier alpha value is -2.72. The van der Waals surface area contributed by atoms with Crippen LogP contribution in [0, 0.1) is 10.1 Å². The van der Waals surface area contributed by atoms with Crippen molar-refractivity contribution in [3.8, 4) is 11.5 Å². The van der Waals surface area contributed by atoms with Crippen LogP contribution in [0.5, 0.6) is 0 Å². The number of nitro groups is 1. The molecule has 0 bridgehead atoms. The monoisotopic (exact) mass is 391 g/mol. The van der Waals surface area contributed by atoms with E-state index in [2.05, 4.69) is 10.2 Å². The minimum atomic E-state index is -0.487. The second-order valence-electron chi connectivity index (χ2n) is 5.04. The molecule has 26 heavy (non-hydrogen) atoms. The minimum absolute atomic E-state index is 0.0255. The smallest absolute Gasteiger partial charge is 0.316 e. The summed E-state index contributed by atoms with van der Waals surface area (Å²) < 4.78 is 10.5. The number of hydrogen-bond acceptors (Lipinski definition) is 9. The molecule has 0 amide bonds. The third-order valence-electron chi connectivity index (χ3n) is 3.19. The number of nitro benzene ring substituents is 1. The highest BCUT2D eigenvalue weighted by Gasteiger charge is 2.13. The molecule has 0 unspecified atom stereocenters. The maximum atomic E-state index is 11.7. The number of esters is 1. The predicted octanol–water partition coefficient (Wildman–Crippen LogP) is 3.68. The molecule has 0 atom stereocenters. The molecule has 2 heterocycles. The number of non-ortho nitro benzene ring substituents is 1. The van der Waals surface area contributed by atoms with Crippen molar-refractivity contribution in [2.45, 2.75) is 12.4 Å². The van der Waals surface area contributed by atoms with Crippen molar-refractivity contribution in [1.29, 1.82) is 0 Å². The van der Waals surface area contributed by atoms with Crippen molar-refractivity contribution >= 4 is 34.8 Å². The summed E-state index contributed by atoms with van der Waals surface area (Å²) in [4.78, 5) is 23.1. The predicted molar refractivity (Wildman–Crippen MR) is 96.7 cm³/mol. The zero-order chi connectivity index (χ0) is 18.4. The van der Waals surface area contributed by atoms with Crippen LogP contribution in [-0.2, 0) is 21.9 Å². The molecule has 0 saturated carbocycles. The third kappa shape index (κ3) is 4.90. The Morgan fingerprint density at radius 3 is 2.77 bits per heavy atom. The average molecular weight is 391 g/mol. The lowest BCUT2D eigenvalue weighted by Gasteiger charge is -2.01. The Kier molecular flexibility index (Phi) is 5.97. The fourth-order valence-corrected chi connectivity index (χ4v) is 3.63. The van der Waals surface area contributed by atoms with Gasteiger partial charge in [-0.2, -0.15) is 0 Å². The molecule has 3 aromatic rings. The van der Waals surface area contributed by atoms with Crippen LogP contribution in [0.3, 0.4) is 0 Å². The fourth-order valence-electron chi connectivity index (χ4n) is 1.97. The molecule has 0 fully saturated rings. The minimum Gasteiger partial charge on any atom is -0.455 e. The quantitative estimate of drug-likeness (QED) is 0.325. The summed E-state index contributed by atoms with van der Waals surface area (Å²) in [6, 6.07) is 9.72. The largest absolute Gasteiger partial charge is 0.455 e. The fraction of sp³-hybridized carbons (Fsp3) is 0.188. The second kappa shape index (κ2) is 8.59. The number of ether oxygens (including phenoxy) is 1. The molecular weight excluding hydrogens is 378 g/mol. The lowest BCUT2D eigenvalue weighted by Crippen LogP contribution is -2.07. The molecule has 0 N–H and O–H groups in total. The van der Waals surface area contributed by atoms with Gasteiger partial charge in [-0.1, -0.05) is 6.07 Å². The van der Waals surface area contributed by atoms with Crippen molar-refractivity contribution in [3.63, 3.8) is 0 Å². The number of nitrogens with zero attached hydrogens (tertiary/aromatic N) is 3. The van der Waals surface area contributed by atoms with Gasteiger partial charge in [-0.25, -0.2) is 0 Å². The van der Waals surface area contributed by atoms with Gasteiger partial charge >= 0.3 is 5.97 Å². The number of benzene rings is 1. The van der Waals surface area contributed by atoms with Gasteiger partial charge in [0.2, 0.25) is 5.89 Å². The molecule has 2 aromatic heterocycles. The molecule has 0 aliphatic carbocycles. The first-order valence-corrected chi connectivity index (χ1v) is 9.48. The molecule has 0 radical (unpaired) electrons. The standard InChI is InChI=1S/C16H13N3O5S2/c20-15(10-25-9-13-2-1-7-26-13)23-8-14-17-18-16(24-14)11-3-5-12(6-4-11)19(21)22/h1-7H,8-10H2. The van der Waals surface area contributed by atoms with Gasteiger partial charge in [-0.05, 0) is 23.6 Å². The molecule has 0 aliphatic rings. The number of aromatic nitrogens is 2. The first-order chi connectivity index (χ1) is 12.6. The van der Waals surface area contributed by atoms with E-state index in [1.807, 2.05) is 17.5 Å². The van der Waals surface area contributed by atoms with Gasteiger partial charge in [-0.15, -0.1) is 33.3 Å². The first-order valence-electron chi connectivity index (χ1n) is 7.45. The van der Waals surface area contributed by atoms with E-state index in [-0.39, 0.29) is 35.8 Å². The number of carbonyl (C=O) groups is 1. The number of hydrogen-bond donors (Lipinski definition) is 0. The average Bonchev–Trinajstić information content (AvgIpc) is 3.32. The lowest BCUT2D eigenvalue weighted by atomic mass is 10.2. The molecule has 3 rings (SSSR count). The molecule has 10 heteroatoms. The summed E-state index contributed by atoms with van der Waals surface area (Å²) >= 11 is 3.12. The Morgan fingerprint density at radius 1 is 1.27 bits per heavy atom. The van der Waals surface area contributed by atoms with E-state index < -0.39 is 4.92 Å². The van der Waals surface area contributed by atoms with Gasteiger partial charge < -0.3 is 9.15 Å². The summed E-state index contributed by atoms with van der Waals surface area (Å²) in [6.07, 6.45) is 0. The second-order valence-corrected chi connectivity index (χ2v) is 7.06. The number of carbonyl (C=O) groups excluding carboxylic acids is 1. The van der Waals surface area contributed by atoms with E-state index in [9.17, 15) is 14.9 Å². The Labute approximate surface area is 156 Å². The molecule has 0 spiro atoms. The van der Waals surface area contributed by atoms with Crippen molar-refractivity contribution in [1.82, 2.24) is 10.2 Å². The van der Waals surface area contributed by atoms with E-state index in [0.717, 1.165) is 5.75 Å². The molecule has 0 saturated heterocycles. The molecule has 8 nitrogen and oxygen atoms in total. The van der Waals surface area contributed by atoms with E-state index in [1.165, 1.54) is 40.9 Å². The number of thioether (sulfide) groups is 1. The summed E-state index contributed by atoms with van der Waals surface area (Å²) in [7, 11) is 0. The molecule has 134 valence electrons. The summed E-state index contributed by atoms with van der Waals surface area (Å²) in [5.41, 5.74) is 0.523. The van der Waals surface area contributed by atoms with Gasteiger partial charge in [0.15, 0.2) is 6.61 Å². The summed E-state index contributed by atoms with van der Waals surface area (Å²) in [6.45, 7) is -0.113.